The summed E-state index contributed by atoms with van der Waals surface area (Å²) in [5.74, 6) is 0.159. The van der Waals surface area contributed by atoms with E-state index in [1.54, 1.807) is 4.90 Å². The number of likely N-dealkylation sites (tertiary alicyclic amines) is 1. The number of carbonyl (C=O) groups is 2. The van der Waals surface area contributed by atoms with Crippen molar-refractivity contribution in [1.82, 2.24) is 15.5 Å². The highest BCUT2D eigenvalue weighted by Gasteiger charge is 2.40. The Balaban J connectivity index is 0.00000364. The van der Waals surface area contributed by atoms with Gasteiger partial charge in [0, 0.05) is 13.1 Å². The summed E-state index contributed by atoms with van der Waals surface area (Å²) in [6.45, 7) is 4.65. The van der Waals surface area contributed by atoms with E-state index in [2.05, 4.69) is 17.6 Å². The van der Waals surface area contributed by atoms with Crippen LogP contribution in [0.1, 0.15) is 90.4 Å². The average Bonchev–Trinajstić information content (AvgIpc) is 3.13. The zero-order valence-corrected chi connectivity index (χ0v) is 18.0. The molecule has 0 aromatic carbocycles. The molecule has 2 saturated heterocycles. The minimum atomic E-state index is -0.229. The number of carbonyl (C=O) groups excluding carboxylic acids is 2. The molecule has 2 amide bonds. The second-order valence-electron chi connectivity index (χ2n) is 7.96. The third-order valence-electron chi connectivity index (χ3n) is 5.79. The Hall–Kier alpha value is -0.810. The molecule has 6 heteroatoms. The molecule has 2 N–H and O–H groups in total. The maximum Gasteiger partial charge on any atom is 0.242 e. The first-order valence-corrected chi connectivity index (χ1v) is 11.1. The molecular weight excluding hydrogens is 362 g/mol. The molecule has 158 valence electrons. The molecule has 0 radical (unpaired) electrons. The van der Waals surface area contributed by atoms with Gasteiger partial charge < -0.3 is 15.5 Å². The number of hydrogen-bond donors (Lipinski definition) is 2. The first-order chi connectivity index (χ1) is 12.7. The van der Waals surface area contributed by atoms with Crippen LogP contribution in [0.3, 0.4) is 0 Å². The fourth-order valence-corrected chi connectivity index (χ4v) is 3.96. The number of nitrogens with one attached hydrogen (secondary N) is 2. The summed E-state index contributed by atoms with van der Waals surface area (Å²) in [6.07, 6.45) is 15.8. The maximum absolute atomic E-state index is 12.4. The molecule has 2 fully saturated rings. The van der Waals surface area contributed by atoms with Crippen molar-refractivity contribution in [2.45, 2.75) is 102 Å². The fourth-order valence-electron chi connectivity index (χ4n) is 3.96. The van der Waals surface area contributed by atoms with E-state index >= 15 is 0 Å². The van der Waals surface area contributed by atoms with Gasteiger partial charge in [-0.3, -0.25) is 9.59 Å². The molecule has 2 heterocycles. The standard InChI is InChI=1S/C21H39N3O2.ClH/c1-2-3-4-5-6-7-8-9-10-11-15-23-20(25)19-14-17-24(19)21(26)18-13-12-16-22-18;/h18-19,22H,2-17H2,1H3,(H,23,25);1H/t18-,19?;/m0./s1. The van der Waals surface area contributed by atoms with E-state index in [0.717, 1.165) is 45.3 Å². The smallest absolute Gasteiger partial charge is 0.242 e. The molecule has 0 aromatic rings. The monoisotopic (exact) mass is 401 g/mol. The van der Waals surface area contributed by atoms with Gasteiger partial charge in [-0.05, 0) is 32.2 Å². The summed E-state index contributed by atoms with van der Waals surface area (Å²) < 4.78 is 0. The molecule has 0 aliphatic carbocycles. The van der Waals surface area contributed by atoms with Crippen LogP contribution in [0.15, 0.2) is 0 Å². The van der Waals surface area contributed by atoms with E-state index in [9.17, 15) is 9.59 Å². The lowest BCUT2D eigenvalue weighted by Crippen LogP contribution is -2.61. The van der Waals surface area contributed by atoms with E-state index in [1.807, 2.05) is 0 Å². The number of amides is 2. The first kappa shape index (κ1) is 24.2. The SMILES string of the molecule is CCCCCCCCCCCCNC(=O)C1CCN1C(=O)[C@@H]1CCCN1.Cl. The van der Waals surface area contributed by atoms with Crippen LogP contribution in [0.4, 0.5) is 0 Å². The molecular formula is C21H40ClN3O2. The second kappa shape index (κ2) is 14.2. The Morgan fingerprint density at radius 1 is 0.963 bits per heavy atom. The predicted octanol–water partition coefficient (Wildman–Crippen LogP) is 3.80. The second-order valence-corrected chi connectivity index (χ2v) is 7.96. The highest BCUT2D eigenvalue weighted by atomic mass is 35.5. The van der Waals surface area contributed by atoms with E-state index in [0.29, 0.717) is 0 Å². The van der Waals surface area contributed by atoms with Crippen LogP contribution in [0.5, 0.6) is 0 Å². The number of rotatable bonds is 13. The molecule has 2 aliphatic heterocycles. The minimum absolute atomic E-state index is 0. The van der Waals surface area contributed by atoms with Gasteiger partial charge in [-0.25, -0.2) is 0 Å². The average molecular weight is 402 g/mol. The Labute approximate surface area is 171 Å². The summed E-state index contributed by atoms with van der Waals surface area (Å²) in [5.41, 5.74) is 0. The Morgan fingerprint density at radius 3 is 2.11 bits per heavy atom. The van der Waals surface area contributed by atoms with Crippen LogP contribution >= 0.6 is 12.4 Å². The number of hydrogen-bond acceptors (Lipinski definition) is 3. The van der Waals surface area contributed by atoms with Crippen molar-refractivity contribution in [3.8, 4) is 0 Å². The summed E-state index contributed by atoms with van der Waals surface area (Å²) in [6, 6.07) is -0.291. The third kappa shape index (κ3) is 8.39. The summed E-state index contributed by atoms with van der Waals surface area (Å²) in [4.78, 5) is 26.4. The molecule has 1 unspecified atom stereocenters. The van der Waals surface area contributed by atoms with Crippen molar-refractivity contribution >= 4 is 24.2 Å². The Bertz CT molecular complexity index is 428. The normalized spacial score (nSPS) is 21.4. The number of nitrogens with zero attached hydrogens (tertiary/aromatic N) is 1. The molecule has 0 spiro atoms. The van der Waals surface area contributed by atoms with Crippen molar-refractivity contribution in [1.29, 1.82) is 0 Å². The Morgan fingerprint density at radius 2 is 1.59 bits per heavy atom. The van der Waals surface area contributed by atoms with E-state index in [1.165, 1.54) is 57.8 Å². The van der Waals surface area contributed by atoms with Crippen LogP contribution in [0.25, 0.3) is 0 Å². The van der Waals surface area contributed by atoms with Crippen molar-refractivity contribution in [2.75, 3.05) is 19.6 Å². The summed E-state index contributed by atoms with van der Waals surface area (Å²) in [5, 5.41) is 6.26. The zero-order valence-electron chi connectivity index (χ0n) is 17.1. The van der Waals surface area contributed by atoms with Gasteiger partial charge in [-0.1, -0.05) is 64.7 Å². The van der Waals surface area contributed by atoms with Crippen LogP contribution in [0.2, 0.25) is 0 Å². The van der Waals surface area contributed by atoms with Gasteiger partial charge in [-0.15, -0.1) is 12.4 Å². The zero-order chi connectivity index (χ0) is 18.6. The van der Waals surface area contributed by atoms with Crippen LogP contribution in [-0.4, -0.2) is 48.4 Å². The van der Waals surface area contributed by atoms with Gasteiger partial charge in [0.05, 0.1) is 6.04 Å². The highest BCUT2D eigenvalue weighted by molar-refractivity contribution is 5.91. The van der Waals surface area contributed by atoms with Crippen LogP contribution in [-0.2, 0) is 9.59 Å². The van der Waals surface area contributed by atoms with Crippen LogP contribution < -0.4 is 10.6 Å². The van der Waals surface area contributed by atoms with E-state index in [4.69, 9.17) is 0 Å². The van der Waals surface area contributed by atoms with Gasteiger partial charge in [0.15, 0.2) is 0 Å². The lowest BCUT2D eigenvalue weighted by molar-refractivity contribution is -0.148. The van der Waals surface area contributed by atoms with Crippen molar-refractivity contribution in [3.05, 3.63) is 0 Å². The molecule has 5 nitrogen and oxygen atoms in total. The summed E-state index contributed by atoms with van der Waals surface area (Å²) in [7, 11) is 0. The molecule has 2 aliphatic rings. The topological polar surface area (TPSA) is 61.4 Å². The molecule has 0 bridgehead atoms. The highest BCUT2D eigenvalue weighted by Crippen LogP contribution is 2.21. The molecule has 27 heavy (non-hydrogen) atoms. The third-order valence-corrected chi connectivity index (χ3v) is 5.79. The number of unbranched alkanes of at least 4 members (excludes halogenated alkanes) is 9. The predicted molar refractivity (Wildman–Crippen MR) is 113 cm³/mol. The van der Waals surface area contributed by atoms with Gasteiger partial charge in [0.25, 0.3) is 0 Å². The van der Waals surface area contributed by atoms with Gasteiger partial charge in [0.2, 0.25) is 11.8 Å². The maximum atomic E-state index is 12.4. The lowest BCUT2D eigenvalue weighted by Gasteiger charge is -2.41. The largest absolute Gasteiger partial charge is 0.354 e. The lowest BCUT2D eigenvalue weighted by atomic mass is 10.00. The first-order valence-electron chi connectivity index (χ1n) is 11.1. The van der Waals surface area contributed by atoms with E-state index in [-0.39, 0.29) is 36.3 Å². The van der Waals surface area contributed by atoms with Gasteiger partial charge in [-0.2, -0.15) is 0 Å². The molecule has 0 aromatic heterocycles. The van der Waals surface area contributed by atoms with E-state index < -0.39 is 0 Å². The van der Waals surface area contributed by atoms with Gasteiger partial charge in [0.1, 0.15) is 6.04 Å². The molecule has 2 atom stereocenters. The summed E-state index contributed by atoms with van der Waals surface area (Å²) >= 11 is 0. The quantitative estimate of drug-likeness (QED) is 0.461. The van der Waals surface area contributed by atoms with Gasteiger partial charge >= 0.3 is 0 Å². The van der Waals surface area contributed by atoms with Crippen LogP contribution in [0, 0.1) is 0 Å². The van der Waals surface area contributed by atoms with Crippen molar-refractivity contribution in [3.63, 3.8) is 0 Å². The Kier molecular flexibility index (Phi) is 12.8. The fraction of sp³-hybridized carbons (Fsp3) is 0.905. The number of halogens is 1. The molecule has 0 saturated carbocycles. The van der Waals surface area contributed by atoms with Crippen molar-refractivity contribution < 1.29 is 9.59 Å². The van der Waals surface area contributed by atoms with Crippen molar-refractivity contribution in [2.24, 2.45) is 0 Å². The minimum Gasteiger partial charge on any atom is -0.354 e. The molecule has 2 rings (SSSR count).